The Morgan fingerprint density at radius 2 is 1.84 bits per heavy atom. The average molecular weight is 411 g/mol. The van der Waals surface area contributed by atoms with Crippen molar-refractivity contribution in [2.24, 2.45) is 7.05 Å². The SMILES string of the molecule is CCc1cccc(N(Cc2nc(-c3ccccc3)nn2C)c2ccc(C#N)cc2F)c1. The molecule has 154 valence electrons. The number of nitriles is 1. The van der Waals surface area contributed by atoms with Gasteiger partial charge in [0, 0.05) is 18.3 Å². The second-order valence-corrected chi connectivity index (χ2v) is 7.23. The van der Waals surface area contributed by atoms with Crippen molar-refractivity contribution < 1.29 is 4.39 Å². The molecule has 1 aromatic heterocycles. The Bertz CT molecular complexity index is 1240. The number of halogens is 1. The Labute approximate surface area is 181 Å². The third-order valence-electron chi connectivity index (χ3n) is 5.18. The van der Waals surface area contributed by atoms with Crippen LogP contribution in [0.3, 0.4) is 0 Å². The Morgan fingerprint density at radius 3 is 2.55 bits per heavy atom. The number of rotatable bonds is 6. The number of aryl methyl sites for hydroxylation is 2. The summed E-state index contributed by atoms with van der Waals surface area (Å²) in [6.07, 6.45) is 0.875. The molecule has 3 aromatic carbocycles. The highest BCUT2D eigenvalue weighted by Gasteiger charge is 2.19. The van der Waals surface area contributed by atoms with Gasteiger partial charge in [-0.25, -0.2) is 9.37 Å². The van der Waals surface area contributed by atoms with E-state index in [0.29, 0.717) is 23.9 Å². The zero-order valence-corrected chi connectivity index (χ0v) is 17.5. The molecule has 0 saturated heterocycles. The van der Waals surface area contributed by atoms with Crippen molar-refractivity contribution in [3.63, 3.8) is 0 Å². The molecule has 0 saturated carbocycles. The Hall–Kier alpha value is -3.98. The van der Waals surface area contributed by atoms with E-state index in [-0.39, 0.29) is 5.56 Å². The van der Waals surface area contributed by atoms with Crippen LogP contribution >= 0.6 is 0 Å². The van der Waals surface area contributed by atoms with Gasteiger partial charge >= 0.3 is 0 Å². The smallest absolute Gasteiger partial charge is 0.181 e. The van der Waals surface area contributed by atoms with E-state index in [1.54, 1.807) is 16.8 Å². The van der Waals surface area contributed by atoms with E-state index in [4.69, 9.17) is 10.2 Å². The Kier molecular flexibility index (Phi) is 5.76. The molecule has 0 amide bonds. The van der Waals surface area contributed by atoms with Crippen molar-refractivity contribution in [1.29, 1.82) is 5.26 Å². The van der Waals surface area contributed by atoms with Crippen LogP contribution in [0.1, 0.15) is 23.9 Å². The molecule has 0 radical (unpaired) electrons. The molecule has 4 aromatic rings. The highest BCUT2D eigenvalue weighted by Crippen LogP contribution is 2.31. The summed E-state index contributed by atoms with van der Waals surface area (Å²) in [5.74, 6) is 0.872. The second-order valence-electron chi connectivity index (χ2n) is 7.23. The standard InChI is InChI=1S/C25H22FN5/c1-3-18-8-7-11-21(14-18)31(23-13-12-19(16-27)15-22(23)26)17-24-28-25(29-30(24)2)20-9-5-4-6-10-20/h4-15H,3,17H2,1-2H3. The number of hydrogen-bond acceptors (Lipinski definition) is 4. The fraction of sp³-hybridized carbons (Fsp3) is 0.160. The van der Waals surface area contributed by atoms with E-state index < -0.39 is 5.82 Å². The molecule has 0 spiro atoms. The van der Waals surface area contributed by atoms with Gasteiger partial charge in [-0.2, -0.15) is 10.4 Å². The molecule has 0 unspecified atom stereocenters. The van der Waals surface area contributed by atoms with Crippen molar-refractivity contribution in [1.82, 2.24) is 14.8 Å². The highest BCUT2D eigenvalue weighted by atomic mass is 19.1. The number of hydrogen-bond donors (Lipinski definition) is 0. The van der Waals surface area contributed by atoms with E-state index in [1.165, 1.54) is 6.07 Å². The lowest BCUT2D eigenvalue weighted by molar-refractivity contribution is 0.620. The Morgan fingerprint density at radius 1 is 1.03 bits per heavy atom. The zero-order chi connectivity index (χ0) is 21.8. The van der Waals surface area contributed by atoms with E-state index in [9.17, 15) is 4.39 Å². The molecule has 0 aliphatic heterocycles. The van der Waals surface area contributed by atoms with Gasteiger partial charge < -0.3 is 4.90 Å². The van der Waals surface area contributed by atoms with Gasteiger partial charge in [-0.3, -0.25) is 4.68 Å². The maximum Gasteiger partial charge on any atom is 0.181 e. The van der Waals surface area contributed by atoms with E-state index in [0.717, 1.165) is 23.2 Å². The van der Waals surface area contributed by atoms with Gasteiger partial charge in [0.1, 0.15) is 11.6 Å². The maximum absolute atomic E-state index is 15.0. The number of anilines is 2. The van der Waals surface area contributed by atoms with Gasteiger partial charge in [0.2, 0.25) is 0 Å². The lowest BCUT2D eigenvalue weighted by Crippen LogP contribution is -2.20. The number of aromatic nitrogens is 3. The number of nitrogens with zero attached hydrogens (tertiary/aromatic N) is 5. The van der Waals surface area contributed by atoms with Gasteiger partial charge in [0.05, 0.1) is 23.9 Å². The fourth-order valence-electron chi connectivity index (χ4n) is 3.46. The normalized spacial score (nSPS) is 10.6. The zero-order valence-electron chi connectivity index (χ0n) is 17.5. The van der Waals surface area contributed by atoms with Gasteiger partial charge in [-0.1, -0.05) is 49.4 Å². The van der Waals surface area contributed by atoms with Crippen molar-refractivity contribution in [3.05, 3.63) is 95.6 Å². The first-order chi connectivity index (χ1) is 15.1. The van der Waals surface area contributed by atoms with Crippen LogP contribution in [-0.2, 0) is 20.0 Å². The second kappa shape index (κ2) is 8.80. The third-order valence-corrected chi connectivity index (χ3v) is 5.18. The van der Waals surface area contributed by atoms with Crippen LogP contribution in [0.2, 0.25) is 0 Å². The molecular weight excluding hydrogens is 389 g/mol. The van der Waals surface area contributed by atoms with Gasteiger partial charge in [-0.05, 0) is 42.3 Å². The van der Waals surface area contributed by atoms with Crippen LogP contribution in [-0.4, -0.2) is 14.8 Å². The fourth-order valence-corrected chi connectivity index (χ4v) is 3.46. The first-order valence-corrected chi connectivity index (χ1v) is 10.1. The molecule has 0 bridgehead atoms. The van der Waals surface area contributed by atoms with Crippen molar-refractivity contribution in [2.45, 2.75) is 19.9 Å². The molecule has 0 N–H and O–H groups in total. The van der Waals surface area contributed by atoms with Crippen LogP contribution in [0.4, 0.5) is 15.8 Å². The molecule has 0 aliphatic rings. The largest absolute Gasteiger partial charge is 0.331 e. The van der Waals surface area contributed by atoms with Crippen LogP contribution in [0.5, 0.6) is 0 Å². The minimum atomic E-state index is -0.452. The topological polar surface area (TPSA) is 57.7 Å². The summed E-state index contributed by atoms with van der Waals surface area (Å²) in [4.78, 5) is 6.58. The van der Waals surface area contributed by atoms with Crippen molar-refractivity contribution in [2.75, 3.05) is 4.90 Å². The van der Waals surface area contributed by atoms with Crippen LogP contribution in [0.25, 0.3) is 11.4 Å². The van der Waals surface area contributed by atoms with Crippen LogP contribution < -0.4 is 4.90 Å². The van der Waals surface area contributed by atoms with E-state index >= 15 is 0 Å². The minimum absolute atomic E-state index is 0.286. The van der Waals surface area contributed by atoms with Crippen LogP contribution in [0.15, 0.2) is 72.8 Å². The molecule has 1 heterocycles. The van der Waals surface area contributed by atoms with Gasteiger partial charge in [0.25, 0.3) is 0 Å². The predicted molar refractivity (Wildman–Crippen MR) is 119 cm³/mol. The predicted octanol–water partition coefficient (Wildman–Crippen LogP) is 5.39. The molecule has 5 nitrogen and oxygen atoms in total. The van der Waals surface area contributed by atoms with E-state index in [2.05, 4.69) is 12.0 Å². The van der Waals surface area contributed by atoms with Gasteiger partial charge in [-0.15, -0.1) is 0 Å². The maximum atomic E-state index is 15.0. The molecular formula is C25H22FN5. The summed E-state index contributed by atoms with van der Waals surface area (Å²) in [5, 5.41) is 13.7. The molecule has 31 heavy (non-hydrogen) atoms. The number of benzene rings is 3. The minimum Gasteiger partial charge on any atom is -0.331 e. The summed E-state index contributed by atoms with van der Waals surface area (Å²) in [7, 11) is 1.84. The molecule has 0 fully saturated rings. The van der Waals surface area contributed by atoms with Crippen molar-refractivity contribution >= 4 is 11.4 Å². The summed E-state index contributed by atoms with van der Waals surface area (Å²) in [6.45, 7) is 2.41. The highest BCUT2D eigenvalue weighted by molar-refractivity contribution is 5.65. The first-order valence-electron chi connectivity index (χ1n) is 10.1. The quantitative estimate of drug-likeness (QED) is 0.427. The lowest BCUT2D eigenvalue weighted by atomic mass is 10.1. The van der Waals surface area contributed by atoms with Gasteiger partial charge in [0.15, 0.2) is 5.82 Å². The molecule has 6 heteroatoms. The molecule has 0 aliphatic carbocycles. The Balaban J connectivity index is 1.77. The average Bonchev–Trinajstić information content (AvgIpc) is 3.18. The third kappa shape index (κ3) is 4.31. The first kappa shape index (κ1) is 20.3. The lowest BCUT2D eigenvalue weighted by Gasteiger charge is -2.25. The summed E-state index contributed by atoms with van der Waals surface area (Å²) < 4.78 is 16.7. The monoisotopic (exact) mass is 411 g/mol. The van der Waals surface area contributed by atoms with Crippen molar-refractivity contribution in [3.8, 4) is 17.5 Å². The summed E-state index contributed by atoms with van der Waals surface area (Å²) in [5.41, 5.74) is 3.60. The summed E-state index contributed by atoms with van der Waals surface area (Å²) in [6, 6.07) is 24.3. The van der Waals surface area contributed by atoms with E-state index in [1.807, 2.05) is 72.6 Å². The molecule has 4 rings (SSSR count). The van der Waals surface area contributed by atoms with Crippen LogP contribution in [0, 0.1) is 17.1 Å². The molecule has 0 atom stereocenters. The summed E-state index contributed by atoms with van der Waals surface area (Å²) >= 11 is 0.